The summed E-state index contributed by atoms with van der Waals surface area (Å²) in [5.41, 5.74) is 5.65. The zero-order chi connectivity index (χ0) is 10.7. The van der Waals surface area contributed by atoms with E-state index < -0.39 is 6.10 Å². The smallest absolute Gasteiger partial charge is 0.200 e. The van der Waals surface area contributed by atoms with Crippen molar-refractivity contribution in [1.82, 2.24) is 0 Å². The molecule has 0 fully saturated rings. The summed E-state index contributed by atoms with van der Waals surface area (Å²) in [4.78, 5) is 0. The lowest BCUT2D eigenvalue weighted by atomic mass is 10.1. The second kappa shape index (κ2) is 4.17. The highest BCUT2D eigenvalue weighted by Gasteiger charge is 2.13. The first-order chi connectivity index (χ1) is 6.60. The number of hydrogen-bond acceptors (Lipinski definition) is 5. The maximum Gasteiger partial charge on any atom is 0.200 e. The van der Waals surface area contributed by atoms with Crippen LogP contribution in [0.3, 0.4) is 0 Å². The summed E-state index contributed by atoms with van der Waals surface area (Å²) in [5.74, 6) is -0.583. The Bertz CT molecular complexity index is 327. The van der Waals surface area contributed by atoms with Gasteiger partial charge in [-0.15, -0.1) is 0 Å². The van der Waals surface area contributed by atoms with E-state index in [1.54, 1.807) is 0 Å². The fraction of sp³-hybridized carbons (Fsp3) is 0.333. The molecule has 0 aliphatic carbocycles. The Balaban J connectivity index is 3.16. The highest BCUT2D eigenvalue weighted by molar-refractivity contribution is 5.52. The number of ether oxygens (including phenoxy) is 1. The number of methoxy groups -OCH3 is 1. The molecule has 0 bridgehead atoms. The average Bonchev–Trinajstić information content (AvgIpc) is 2.20. The van der Waals surface area contributed by atoms with Gasteiger partial charge in [-0.3, -0.25) is 0 Å². The van der Waals surface area contributed by atoms with Crippen molar-refractivity contribution in [2.45, 2.75) is 6.10 Å². The predicted molar refractivity (Wildman–Crippen MR) is 50.3 cm³/mol. The molecule has 0 aromatic heterocycles. The molecule has 78 valence electrons. The zero-order valence-corrected chi connectivity index (χ0v) is 7.77. The van der Waals surface area contributed by atoms with E-state index in [-0.39, 0.29) is 23.8 Å². The van der Waals surface area contributed by atoms with Gasteiger partial charge in [0, 0.05) is 6.54 Å². The maximum atomic E-state index is 9.39. The fourth-order valence-corrected chi connectivity index (χ4v) is 1.10. The normalized spacial score (nSPS) is 12.5. The first kappa shape index (κ1) is 10.6. The van der Waals surface area contributed by atoms with Crippen molar-refractivity contribution < 1.29 is 20.1 Å². The van der Waals surface area contributed by atoms with Gasteiger partial charge in [0.1, 0.15) is 0 Å². The molecule has 1 atom stereocenters. The molecule has 0 saturated carbocycles. The van der Waals surface area contributed by atoms with Gasteiger partial charge in [-0.25, -0.2) is 0 Å². The SMILES string of the molecule is COc1cc([C@@H](O)CN)cc(O)c1O. The largest absolute Gasteiger partial charge is 0.504 e. The van der Waals surface area contributed by atoms with Crippen LogP contribution < -0.4 is 10.5 Å². The van der Waals surface area contributed by atoms with Crippen LogP contribution in [0.15, 0.2) is 12.1 Å². The van der Waals surface area contributed by atoms with E-state index in [4.69, 9.17) is 10.5 Å². The number of rotatable bonds is 3. The van der Waals surface area contributed by atoms with Crippen LogP contribution in [0.2, 0.25) is 0 Å². The number of aromatic hydroxyl groups is 2. The van der Waals surface area contributed by atoms with Crippen molar-refractivity contribution in [3.63, 3.8) is 0 Å². The molecule has 5 N–H and O–H groups in total. The van der Waals surface area contributed by atoms with Gasteiger partial charge >= 0.3 is 0 Å². The predicted octanol–water partition coefficient (Wildman–Crippen LogP) is 0.0985. The summed E-state index contributed by atoms with van der Waals surface area (Å²) in [6.45, 7) is 0.0351. The molecule has 1 rings (SSSR count). The lowest BCUT2D eigenvalue weighted by Crippen LogP contribution is -2.11. The number of phenols is 2. The zero-order valence-electron chi connectivity index (χ0n) is 7.77. The van der Waals surface area contributed by atoms with Crippen molar-refractivity contribution >= 4 is 0 Å². The molecule has 1 aromatic carbocycles. The molecule has 0 amide bonds. The molecule has 0 heterocycles. The Kier molecular flexibility index (Phi) is 3.16. The molecule has 0 unspecified atom stereocenters. The summed E-state index contributed by atoms with van der Waals surface area (Å²) in [7, 11) is 1.35. The van der Waals surface area contributed by atoms with Gasteiger partial charge in [0.05, 0.1) is 13.2 Å². The first-order valence-electron chi connectivity index (χ1n) is 4.08. The standard InChI is InChI=1S/C9H13NO4/c1-14-8-3-5(7(12)4-10)2-6(11)9(8)13/h2-3,7,11-13H,4,10H2,1H3/t7-/m0/s1. The molecule has 5 nitrogen and oxygen atoms in total. The number of benzene rings is 1. The van der Waals surface area contributed by atoms with Crippen molar-refractivity contribution in [2.24, 2.45) is 5.73 Å². The highest BCUT2D eigenvalue weighted by Crippen LogP contribution is 2.37. The highest BCUT2D eigenvalue weighted by atomic mass is 16.5. The summed E-state index contributed by atoms with van der Waals surface area (Å²) in [6, 6.07) is 2.67. The Labute approximate surface area is 81.4 Å². The number of aliphatic hydroxyl groups excluding tert-OH is 1. The number of nitrogens with two attached hydrogens (primary N) is 1. The molecule has 0 saturated heterocycles. The van der Waals surface area contributed by atoms with Gasteiger partial charge in [0.15, 0.2) is 11.5 Å². The topological polar surface area (TPSA) is 95.9 Å². The molecule has 5 heteroatoms. The Morgan fingerprint density at radius 3 is 2.57 bits per heavy atom. The summed E-state index contributed by atoms with van der Waals surface area (Å²) < 4.78 is 4.80. The van der Waals surface area contributed by atoms with Gasteiger partial charge in [0.25, 0.3) is 0 Å². The van der Waals surface area contributed by atoms with E-state index >= 15 is 0 Å². The van der Waals surface area contributed by atoms with Crippen LogP contribution in [0.5, 0.6) is 17.2 Å². The molecule has 0 radical (unpaired) electrons. The summed E-state index contributed by atoms with van der Waals surface area (Å²) in [5, 5.41) is 28.0. The van der Waals surface area contributed by atoms with Crippen molar-refractivity contribution in [1.29, 1.82) is 0 Å². The minimum atomic E-state index is -0.879. The van der Waals surface area contributed by atoms with Crippen LogP contribution in [0.1, 0.15) is 11.7 Å². The Morgan fingerprint density at radius 1 is 1.43 bits per heavy atom. The maximum absolute atomic E-state index is 9.39. The van der Waals surface area contributed by atoms with E-state index in [9.17, 15) is 15.3 Å². The minimum Gasteiger partial charge on any atom is -0.504 e. The fourth-order valence-electron chi connectivity index (χ4n) is 1.10. The number of hydrogen-bond donors (Lipinski definition) is 4. The van der Waals surface area contributed by atoms with Gasteiger partial charge in [-0.05, 0) is 17.7 Å². The third-order valence-corrected chi connectivity index (χ3v) is 1.91. The minimum absolute atomic E-state index is 0.0351. The lowest BCUT2D eigenvalue weighted by Gasteiger charge is -2.11. The molecule has 0 aliphatic rings. The van der Waals surface area contributed by atoms with E-state index in [2.05, 4.69) is 0 Å². The summed E-state index contributed by atoms with van der Waals surface area (Å²) in [6.07, 6.45) is -0.879. The Hall–Kier alpha value is -1.46. The van der Waals surface area contributed by atoms with Crippen molar-refractivity contribution in [3.8, 4) is 17.2 Å². The number of aliphatic hydroxyl groups is 1. The van der Waals surface area contributed by atoms with Gasteiger partial charge in [-0.2, -0.15) is 0 Å². The number of phenolic OH excluding ortho intramolecular Hbond substituents is 2. The summed E-state index contributed by atoms with van der Waals surface area (Å²) >= 11 is 0. The van der Waals surface area contributed by atoms with Crippen LogP contribution >= 0.6 is 0 Å². The van der Waals surface area contributed by atoms with E-state index in [1.165, 1.54) is 19.2 Å². The van der Waals surface area contributed by atoms with Gasteiger partial charge in [-0.1, -0.05) is 0 Å². The van der Waals surface area contributed by atoms with Gasteiger partial charge in [0.2, 0.25) is 5.75 Å². The van der Waals surface area contributed by atoms with Crippen LogP contribution in [-0.2, 0) is 0 Å². The van der Waals surface area contributed by atoms with Crippen LogP contribution in [0, 0.1) is 0 Å². The van der Waals surface area contributed by atoms with E-state index in [0.29, 0.717) is 5.56 Å². The third kappa shape index (κ3) is 1.89. The average molecular weight is 199 g/mol. The van der Waals surface area contributed by atoms with E-state index in [0.717, 1.165) is 0 Å². The molecule has 14 heavy (non-hydrogen) atoms. The molecule has 0 aliphatic heterocycles. The van der Waals surface area contributed by atoms with Crippen LogP contribution in [0.4, 0.5) is 0 Å². The third-order valence-electron chi connectivity index (χ3n) is 1.91. The quantitative estimate of drug-likeness (QED) is 0.518. The molecule has 1 aromatic rings. The second-order valence-corrected chi connectivity index (χ2v) is 2.84. The van der Waals surface area contributed by atoms with Crippen molar-refractivity contribution in [3.05, 3.63) is 17.7 Å². The van der Waals surface area contributed by atoms with Gasteiger partial charge < -0.3 is 25.8 Å². The molecule has 0 spiro atoms. The first-order valence-corrected chi connectivity index (χ1v) is 4.08. The second-order valence-electron chi connectivity index (χ2n) is 2.84. The van der Waals surface area contributed by atoms with Crippen LogP contribution in [0.25, 0.3) is 0 Å². The van der Waals surface area contributed by atoms with E-state index in [1.807, 2.05) is 0 Å². The molecular weight excluding hydrogens is 186 g/mol. The lowest BCUT2D eigenvalue weighted by molar-refractivity contribution is 0.185. The molecular formula is C9H13NO4. The Morgan fingerprint density at radius 2 is 2.07 bits per heavy atom. The van der Waals surface area contributed by atoms with Crippen LogP contribution in [-0.4, -0.2) is 29.0 Å². The monoisotopic (exact) mass is 199 g/mol. The van der Waals surface area contributed by atoms with Crippen molar-refractivity contribution in [2.75, 3.05) is 13.7 Å².